The number of carboxylic acid groups (broad SMARTS) is 1. The maximum atomic E-state index is 10.9. The topological polar surface area (TPSA) is 66.0 Å². The highest BCUT2D eigenvalue weighted by molar-refractivity contribution is 6.30. The van der Waals surface area contributed by atoms with Crippen molar-refractivity contribution in [3.8, 4) is 11.3 Å². The molecule has 2 rings (SSSR count). The summed E-state index contributed by atoms with van der Waals surface area (Å²) < 4.78 is 0. The van der Waals surface area contributed by atoms with Gasteiger partial charge in [0, 0.05) is 16.5 Å². The molecule has 0 saturated heterocycles. The summed E-state index contributed by atoms with van der Waals surface area (Å²) in [6.45, 7) is 4.02. The van der Waals surface area contributed by atoms with Crippen LogP contribution >= 0.6 is 11.6 Å². The number of halogens is 1. The molecule has 100 valence electrons. The van der Waals surface area contributed by atoms with E-state index in [2.05, 4.69) is 9.97 Å². The van der Waals surface area contributed by atoms with Gasteiger partial charge in [0.2, 0.25) is 0 Å². The summed E-state index contributed by atoms with van der Waals surface area (Å²) in [5.41, 5.74) is 2.17. The van der Waals surface area contributed by atoms with Gasteiger partial charge in [0.1, 0.15) is 5.82 Å². The molecule has 0 aliphatic heterocycles. The van der Waals surface area contributed by atoms with Crippen molar-refractivity contribution in [3.63, 3.8) is 0 Å². The highest BCUT2D eigenvalue weighted by atomic mass is 35.5. The van der Waals surface area contributed by atoms with E-state index < -0.39 is 5.97 Å². The molecule has 2 aromatic rings. The van der Waals surface area contributed by atoms with Crippen molar-refractivity contribution in [2.24, 2.45) is 0 Å². The molecular formula is C14H15ClN2O2. The number of carbonyl (C=O) groups is 1. The average Bonchev–Trinajstić information content (AvgIpc) is 2.73. The van der Waals surface area contributed by atoms with Gasteiger partial charge in [-0.25, -0.2) is 4.98 Å². The molecule has 1 heterocycles. The molecule has 0 atom stereocenters. The number of rotatable bonds is 4. The molecule has 1 aromatic carbocycles. The van der Waals surface area contributed by atoms with Gasteiger partial charge in [-0.15, -0.1) is 0 Å². The van der Waals surface area contributed by atoms with Crippen LogP contribution in [-0.4, -0.2) is 21.0 Å². The molecule has 0 unspecified atom stereocenters. The SMILES string of the molecule is CC(C)c1nc(-c2ccc(Cl)cc2)c(CC(=O)O)[nH]1. The van der Waals surface area contributed by atoms with Gasteiger partial charge in [0.05, 0.1) is 17.8 Å². The largest absolute Gasteiger partial charge is 0.481 e. The monoisotopic (exact) mass is 278 g/mol. The Morgan fingerprint density at radius 1 is 1.37 bits per heavy atom. The summed E-state index contributed by atoms with van der Waals surface area (Å²) in [7, 11) is 0. The normalized spacial score (nSPS) is 10.9. The number of nitrogens with one attached hydrogen (secondary N) is 1. The lowest BCUT2D eigenvalue weighted by molar-refractivity contribution is -0.136. The lowest BCUT2D eigenvalue weighted by atomic mass is 10.1. The van der Waals surface area contributed by atoms with Gasteiger partial charge in [-0.2, -0.15) is 0 Å². The first-order valence-corrected chi connectivity index (χ1v) is 6.41. The fraction of sp³-hybridized carbons (Fsp3) is 0.286. The Balaban J connectivity index is 2.47. The van der Waals surface area contributed by atoms with Crippen LogP contribution in [0.3, 0.4) is 0 Å². The number of H-pyrrole nitrogens is 1. The van der Waals surface area contributed by atoms with Crippen LogP contribution in [0, 0.1) is 0 Å². The van der Waals surface area contributed by atoms with Crippen molar-refractivity contribution in [3.05, 3.63) is 40.8 Å². The molecule has 0 amide bonds. The van der Waals surface area contributed by atoms with Crippen LogP contribution in [0.25, 0.3) is 11.3 Å². The Morgan fingerprint density at radius 3 is 2.53 bits per heavy atom. The van der Waals surface area contributed by atoms with Crippen LogP contribution in [0.2, 0.25) is 5.02 Å². The second-order valence-corrected chi connectivity index (χ2v) is 5.12. The van der Waals surface area contributed by atoms with Crippen LogP contribution in [0.15, 0.2) is 24.3 Å². The molecule has 5 heteroatoms. The second-order valence-electron chi connectivity index (χ2n) is 4.68. The van der Waals surface area contributed by atoms with Gasteiger partial charge < -0.3 is 10.1 Å². The average molecular weight is 279 g/mol. The van der Waals surface area contributed by atoms with Crippen molar-refractivity contribution in [1.29, 1.82) is 0 Å². The highest BCUT2D eigenvalue weighted by Gasteiger charge is 2.16. The highest BCUT2D eigenvalue weighted by Crippen LogP contribution is 2.26. The third kappa shape index (κ3) is 3.15. The maximum absolute atomic E-state index is 10.9. The third-order valence-electron chi connectivity index (χ3n) is 2.79. The smallest absolute Gasteiger partial charge is 0.309 e. The molecule has 4 nitrogen and oxygen atoms in total. The fourth-order valence-corrected chi connectivity index (χ4v) is 1.95. The van der Waals surface area contributed by atoms with Gasteiger partial charge >= 0.3 is 5.97 Å². The van der Waals surface area contributed by atoms with Crippen molar-refractivity contribution in [1.82, 2.24) is 9.97 Å². The Hall–Kier alpha value is -1.81. The molecule has 0 radical (unpaired) electrons. The van der Waals surface area contributed by atoms with E-state index in [0.717, 1.165) is 11.4 Å². The minimum absolute atomic E-state index is 0.0717. The van der Waals surface area contributed by atoms with Crippen LogP contribution in [-0.2, 0) is 11.2 Å². The summed E-state index contributed by atoms with van der Waals surface area (Å²) in [6, 6.07) is 7.22. The predicted octanol–water partition coefficient (Wildman–Crippen LogP) is 3.48. The van der Waals surface area contributed by atoms with E-state index in [1.807, 2.05) is 26.0 Å². The van der Waals surface area contributed by atoms with Crippen molar-refractivity contribution < 1.29 is 9.90 Å². The van der Waals surface area contributed by atoms with E-state index in [0.29, 0.717) is 16.4 Å². The molecule has 0 aliphatic carbocycles. The summed E-state index contributed by atoms with van der Waals surface area (Å²) >= 11 is 5.86. The summed E-state index contributed by atoms with van der Waals surface area (Å²) in [6.07, 6.45) is -0.0717. The van der Waals surface area contributed by atoms with Crippen molar-refractivity contribution >= 4 is 17.6 Å². The molecule has 0 fully saturated rings. The Kier molecular flexibility index (Phi) is 3.90. The molecule has 0 saturated carbocycles. The van der Waals surface area contributed by atoms with E-state index >= 15 is 0 Å². The quantitative estimate of drug-likeness (QED) is 0.900. The van der Waals surface area contributed by atoms with Gasteiger partial charge in [-0.1, -0.05) is 37.6 Å². The molecule has 2 N–H and O–H groups in total. The maximum Gasteiger partial charge on any atom is 0.309 e. The van der Waals surface area contributed by atoms with Crippen molar-refractivity contribution in [2.75, 3.05) is 0 Å². The first-order valence-electron chi connectivity index (χ1n) is 6.04. The molecular weight excluding hydrogens is 264 g/mol. The van der Waals surface area contributed by atoms with Gasteiger partial charge in [0.15, 0.2) is 0 Å². The molecule has 19 heavy (non-hydrogen) atoms. The van der Waals surface area contributed by atoms with E-state index in [1.165, 1.54) is 0 Å². The molecule has 0 bridgehead atoms. The van der Waals surface area contributed by atoms with Crippen molar-refractivity contribution in [2.45, 2.75) is 26.2 Å². The van der Waals surface area contributed by atoms with Crippen LogP contribution in [0.4, 0.5) is 0 Å². The van der Waals surface area contributed by atoms with E-state index in [-0.39, 0.29) is 12.3 Å². The minimum atomic E-state index is -0.880. The summed E-state index contributed by atoms with van der Waals surface area (Å²) in [5, 5.41) is 9.60. The molecule has 1 aromatic heterocycles. The Morgan fingerprint density at radius 2 is 2.00 bits per heavy atom. The number of aromatic nitrogens is 2. The number of carboxylic acids is 1. The molecule has 0 spiro atoms. The Bertz CT molecular complexity index is 588. The molecule has 0 aliphatic rings. The zero-order valence-electron chi connectivity index (χ0n) is 10.8. The van der Waals surface area contributed by atoms with Gasteiger partial charge in [-0.3, -0.25) is 4.79 Å². The lowest BCUT2D eigenvalue weighted by Crippen LogP contribution is -2.02. The van der Waals surface area contributed by atoms with Crippen LogP contribution in [0.5, 0.6) is 0 Å². The third-order valence-corrected chi connectivity index (χ3v) is 3.04. The Labute approximate surface area is 116 Å². The summed E-state index contributed by atoms with van der Waals surface area (Å²) in [4.78, 5) is 18.5. The van der Waals surface area contributed by atoms with Crippen LogP contribution in [0.1, 0.15) is 31.3 Å². The van der Waals surface area contributed by atoms with Gasteiger partial charge in [-0.05, 0) is 12.1 Å². The second kappa shape index (κ2) is 5.45. The van der Waals surface area contributed by atoms with Crippen LogP contribution < -0.4 is 0 Å². The fourth-order valence-electron chi connectivity index (χ4n) is 1.83. The van der Waals surface area contributed by atoms with E-state index in [1.54, 1.807) is 12.1 Å². The standard InChI is InChI=1S/C14H15ClN2O2/c1-8(2)14-16-11(7-12(18)19)13(17-14)9-3-5-10(15)6-4-9/h3-6,8H,7H2,1-2H3,(H,16,17)(H,18,19). The van der Waals surface area contributed by atoms with E-state index in [9.17, 15) is 4.79 Å². The summed E-state index contributed by atoms with van der Waals surface area (Å²) in [5.74, 6) is 0.129. The predicted molar refractivity (Wildman–Crippen MR) is 74.5 cm³/mol. The number of nitrogens with zero attached hydrogens (tertiary/aromatic N) is 1. The first-order chi connectivity index (χ1) is 8.97. The van der Waals surface area contributed by atoms with E-state index in [4.69, 9.17) is 16.7 Å². The zero-order chi connectivity index (χ0) is 14.0. The first kappa shape index (κ1) is 13.6. The number of aliphatic carboxylic acids is 1. The number of hydrogen-bond acceptors (Lipinski definition) is 2. The number of hydrogen-bond donors (Lipinski definition) is 2. The van der Waals surface area contributed by atoms with Gasteiger partial charge in [0.25, 0.3) is 0 Å². The lowest BCUT2D eigenvalue weighted by Gasteiger charge is -2.00. The number of imidazole rings is 1. The number of aromatic amines is 1. The zero-order valence-corrected chi connectivity index (χ0v) is 11.5. The minimum Gasteiger partial charge on any atom is -0.481 e. The number of benzene rings is 1.